The van der Waals surface area contributed by atoms with Crippen LogP contribution in [0.25, 0.3) is 0 Å². The molecule has 2 heterocycles. The molecule has 0 aromatic heterocycles. The average molecular weight is 455 g/mol. The van der Waals surface area contributed by atoms with Crippen LogP contribution in [0.5, 0.6) is 0 Å². The van der Waals surface area contributed by atoms with Crippen molar-refractivity contribution in [3.05, 3.63) is 70.7 Å². The number of carbonyl (C=O) groups is 2. The summed E-state index contributed by atoms with van der Waals surface area (Å²) in [4.78, 5) is 34.8. The van der Waals surface area contributed by atoms with E-state index in [1.165, 1.54) is 5.56 Å². The van der Waals surface area contributed by atoms with E-state index >= 15 is 0 Å². The lowest BCUT2D eigenvalue weighted by atomic mass is 9.91. The zero-order valence-corrected chi connectivity index (χ0v) is 18.8. The second kappa shape index (κ2) is 10.1. The highest BCUT2D eigenvalue weighted by atomic mass is 35.5. The average Bonchev–Trinajstić information content (AvgIpc) is 2.80. The van der Waals surface area contributed by atoms with Crippen LogP contribution in [0, 0.1) is 5.92 Å². The normalized spacial score (nSPS) is 21.6. The molecule has 1 amide bonds. The molecule has 32 heavy (non-hydrogen) atoms. The quantitative estimate of drug-likeness (QED) is 0.555. The number of rotatable bonds is 5. The Bertz CT molecular complexity index is 972. The summed E-state index contributed by atoms with van der Waals surface area (Å²) in [5, 5.41) is 3.43. The fraction of sp³-hybridized carbons (Fsp3) is 0.375. The summed E-state index contributed by atoms with van der Waals surface area (Å²) >= 11 is 6.03. The number of carbonyl (C=O) groups excluding carboxylic acids is 2. The van der Waals surface area contributed by atoms with Crippen LogP contribution >= 0.6 is 11.6 Å². The first-order valence-electron chi connectivity index (χ1n) is 10.9. The number of nitrogens with zero attached hydrogens (tertiary/aromatic N) is 3. The molecular weight excluding hydrogens is 428 g/mol. The van der Waals surface area contributed by atoms with E-state index in [0.29, 0.717) is 11.0 Å². The predicted molar refractivity (Wildman–Crippen MR) is 123 cm³/mol. The number of hydrogen-bond acceptors (Lipinski definition) is 6. The van der Waals surface area contributed by atoms with Crippen LogP contribution in [0.4, 0.5) is 0 Å². The lowest BCUT2D eigenvalue weighted by molar-refractivity contribution is -0.153. The highest BCUT2D eigenvalue weighted by Gasteiger charge is 2.42. The maximum atomic E-state index is 13.0. The molecule has 2 aromatic rings. The number of piperazine rings is 1. The van der Waals surface area contributed by atoms with Crippen molar-refractivity contribution in [3.63, 3.8) is 0 Å². The molecule has 1 saturated heterocycles. The first-order chi connectivity index (χ1) is 15.5. The van der Waals surface area contributed by atoms with Gasteiger partial charge in [-0.1, -0.05) is 54.1 Å². The summed E-state index contributed by atoms with van der Waals surface area (Å²) in [6.07, 6.45) is 0. The monoisotopic (exact) mass is 454 g/mol. The fourth-order valence-electron chi connectivity index (χ4n) is 4.08. The van der Waals surface area contributed by atoms with Gasteiger partial charge in [0.25, 0.3) is 0 Å². The maximum absolute atomic E-state index is 13.0. The predicted octanol–water partition coefficient (Wildman–Crippen LogP) is 2.86. The van der Waals surface area contributed by atoms with Gasteiger partial charge in [0.1, 0.15) is 6.04 Å². The molecule has 2 aliphatic rings. The van der Waals surface area contributed by atoms with Crippen molar-refractivity contribution in [1.82, 2.24) is 15.1 Å². The van der Waals surface area contributed by atoms with Crippen molar-refractivity contribution >= 4 is 29.4 Å². The number of halogens is 1. The minimum Gasteiger partial charge on any atom is -0.465 e. The molecule has 4 rings (SSSR count). The molecule has 0 spiro atoms. The molecule has 0 radical (unpaired) electrons. The third kappa shape index (κ3) is 5.11. The third-order valence-electron chi connectivity index (χ3n) is 5.77. The zero-order valence-electron chi connectivity index (χ0n) is 18.0. The topological polar surface area (TPSA) is 74.2 Å². The van der Waals surface area contributed by atoms with Crippen molar-refractivity contribution < 1.29 is 14.3 Å². The highest BCUT2D eigenvalue weighted by Crippen LogP contribution is 2.31. The Morgan fingerprint density at radius 3 is 2.44 bits per heavy atom. The van der Waals surface area contributed by atoms with E-state index in [9.17, 15) is 9.59 Å². The van der Waals surface area contributed by atoms with E-state index in [0.717, 1.165) is 38.3 Å². The van der Waals surface area contributed by atoms with Crippen LogP contribution in [0.15, 0.2) is 59.6 Å². The van der Waals surface area contributed by atoms with Gasteiger partial charge in [-0.15, -0.1) is 0 Å². The largest absolute Gasteiger partial charge is 0.465 e. The van der Waals surface area contributed by atoms with Crippen molar-refractivity contribution in [3.8, 4) is 0 Å². The molecule has 1 N–H and O–H groups in total. The van der Waals surface area contributed by atoms with E-state index in [2.05, 4.69) is 39.4 Å². The lowest BCUT2D eigenvalue weighted by Crippen LogP contribution is -2.57. The molecular formula is C24H27ClN4O3. The number of ether oxygens (including phenoxy) is 1. The van der Waals surface area contributed by atoms with Crippen LogP contribution in [0.2, 0.25) is 5.02 Å². The molecule has 168 valence electrons. The standard InChI is InChI=1S/C24H27ClN4O3/c1-2-32-23(31)20-21(18-8-10-19(25)11-9-18)26-24(27-22(20)30)29-14-12-28(13-15-29)16-17-6-4-3-5-7-17/h3-11,20-21H,2,12-16H2,1H3,(H,26,27,30)/t20-,21+/m1/s1. The Morgan fingerprint density at radius 2 is 1.78 bits per heavy atom. The Hall–Kier alpha value is -2.90. The van der Waals surface area contributed by atoms with Crippen molar-refractivity contribution in [2.75, 3.05) is 32.8 Å². The SMILES string of the molecule is CCOC(=O)[C@H]1C(=O)NC(N2CCN(Cc3ccccc3)CC2)=N[C@H]1c1ccc(Cl)cc1. The number of benzene rings is 2. The van der Waals surface area contributed by atoms with Gasteiger partial charge in [-0.3, -0.25) is 19.8 Å². The molecule has 2 atom stereocenters. The molecule has 2 aromatic carbocycles. The molecule has 0 saturated carbocycles. The number of aliphatic imine (C=N–C) groups is 1. The third-order valence-corrected chi connectivity index (χ3v) is 6.02. The summed E-state index contributed by atoms with van der Waals surface area (Å²) in [7, 11) is 0. The molecule has 2 aliphatic heterocycles. The molecule has 8 heteroatoms. The van der Waals surface area contributed by atoms with Gasteiger partial charge in [-0.25, -0.2) is 4.99 Å². The van der Waals surface area contributed by atoms with E-state index in [1.54, 1.807) is 31.2 Å². The van der Waals surface area contributed by atoms with Gasteiger partial charge in [0.05, 0.1) is 6.61 Å². The van der Waals surface area contributed by atoms with Crippen molar-refractivity contribution in [1.29, 1.82) is 0 Å². The number of guanidine groups is 1. The van der Waals surface area contributed by atoms with Crippen molar-refractivity contribution in [2.24, 2.45) is 10.9 Å². The molecule has 1 fully saturated rings. The van der Waals surface area contributed by atoms with E-state index < -0.39 is 17.9 Å². The van der Waals surface area contributed by atoms with E-state index in [4.69, 9.17) is 21.3 Å². The first-order valence-corrected chi connectivity index (χ1v) is 11.2. The second-order valence-corrected chi connectivity index (χ2v) is 8.35. The Morgan fingerprint density at radius 1 is 1.09 bits per heavy atom. The molecule has 0 bridgehead atoms. The van der Waals surface area contributed by atoms with Gasteiger partial charge in [0, 0.05) is 37.7 Å². The molecule has 7 nitrogen and oxygen atoms in total. The minimum absolute atomic E-state index is 0.204. The number of nitrogens with one attached hydrogen (secondary N) is 1. The van der Waals surface area contributed by atoms with Crippen LogP contribution < -0.4 is 5.32 Å². The van der Waals surface area contributed by atoms with Crippen LogP contribution in [0.3, 0.4) is 0 Å². The number of esters is 1. The summed E-state index contributed by atoms with van der Waals surface area (Å²) in [6.45, 7) is 6.02. The summed E-state index contributed by atoms with van der Waals surface area (Å²) in [5.74, 6) is -1.48. The highest BCUT2D eigenvalue weighted by molar-refractivity contribution is 6.30. The van der Waals surface area contributed by atoms with E-state index in [1.807, 2.05) is 6.07 Å². The Balaban J connectivity index is 1.51. The second-order valence-electron chi connectivity index (χ2n) is 7.92. The van der Waals surface area contributed by atoms with Crippen LogP contribution in [-0.2, 0) is 20.9 Å². The lowest BCUT2D eigenvalue weighted by Gasteiger charge is -2.39. The van der Waals surface area contributed by atoms with Gasteiger partial charge in [0.2, 0.25) is 11.9 Å². The van der Waals surface area contributed by atoms with Crippen molar-refractivity contribution in [2.45, 2.75) is 19.5 Å². The Labute approximate surface area is 193 Å². The number of hydrogen-bond donors (Lipinski definition) is 1. The minimum atomic E-state index is -1.03. The summed E-state index contributed by atoms with van der Waals surface area (Å²) in [5.41, 5.74) is 2.03. The van der Waals surface area contributed by atoms with Gasteiger partial charge >= 0.3 is 5.97 Å². The van der Waals surface area contributed by atoms with Gasteiger partial charge in [-0.05, 0) is 30.2 Å². The number of amides is 1. The Kier molecular flexibility index (Phi) is 7.07. The van der Waals surface area contributed by atoms with Gasteiger partial charge < -0.3 is 9.64 Å². The van der Waals surface area contributed by atoms with Gasteiger partial charge in [-0.2, -0.15) is 0 Å². The summed E-state index contributed by atoms with van der Waals surface area (Å²) in [6, 6.07) is 16.8. The first kappa shape index (κ1) is 22.3. The van der Waals surface area contributed by atoms with E-state index in [-0.39, 0.29) is 12.5 Å². The van der Waals surface area contributed by atoms with Crippen LogP contribution in [-0.4, -0.2) is 60.4 Å². The zero-order chi connectivity index (χ0) is 22.5. The summed E-state index contributed by atoms with van der Waals surface area (Å²) < 4.78 is 5.16. The molecule has 0 aliphatic carbocycles. The van der Waals surface area contributed by atoms with Gasteiger partial charge in [0.15, 0.2) is 5.92 Å². The molecule has 0 unspecified atom stereocenters. The maximum Gasteiger partial charge on any atom is 0.321 e. The van der Waals surface area contributed by atoms with Crippen LogP contribution in [0.1, 0.15) is 24.1 Å². The fourth-order valence-corrected chi connectivity index (χ4v) is 4.21. The smallest absolute Gasteiger partial charge is 0.321 e.